The van der Waals surface area contributed by atoms with Gasteiger partial charge in [-0.25, -0.2) is 4.98 Å². The van der Waals surface area contributed by atoms with Gasteiger partial charge in [0.15, 0.2) is 0 Å². The molecule has 2 rings (SSSR count). The fraction of sp³-hybridized carbons (Fsp3) is 0.312. The molecule has 1 heterocycles. The minimum absolute atomic E-state index is 0.0603. The van der Waals surface area contributed by atoms with Crippen molar-refractivity contribution in [1.82, 2.24) is 4.98 Å². The molecule has 5 nitrogen and oxygen atoms in total. The van der Waals surface area contributed by atoms with Crippen LogP contribution in [0.2, 0.25) is 0 Å². The quantitative estimate of drug-likeness (QED) is 0.850. The molecule has 1 aromatic heterocycles. The molecular formula is C16H17N3O2. The number of hydrogen-bond donors (Lipinski definition) is 2. The van der Waals surface area contributed by atoms with Gasteiger partial charge < -0.3 is 10.4 Å². The van der Waals surface area contributed by atoms with Gasteiger partial charge in [-0.15, -0.1) is 0 Å². The molecule has 108 valence electrons. The van der Waals surface area contributed by atoms with Gasteiger partial charge in [0.05, 0.1) is 11.1 Å². The zero-order valence-electron chi connectivity index (χ0n) is 11.8. The van der Waals surface area contributed by atoms with E-state index in [0.717, 1.165) is 10.9 Å². The van der Waals surface area contributed by atoms with E-state index in [1.165, 1.54) is 0 Å². The molecular weight excluding hydrogens is 266 g/mol. The number of para-hydroxylation sites is 1. The molecule has 1 unspecified atom stereocenters. The van der Waals surface area contributed by atoms with E-state index < -0.39 is 5.97 Å². The molecule has 0 saturated carbocycles. The summed E-state index contributed by atoms with van der Waals surface area (Å²) in [6, 6.07) is 11.7. The highest BCUT2D eigenvalue weighted by Crippen LogP contribution is 2.21. The van der Waals surface area contributed by atoms with Crippen molar-refractivity contribution in [3.63, 3.8) is 0 Å². The summed E-state index contributed by atoms with van der Waals surface area (Å²) in [5, 5.41) is 22.0. The number of carboxylic acid groups (broad SMARTS) is 1. The smallest absolute Gasteiger partial charge is 0.303 e. The van der Waals surface area contributed by atoms with Crippen LogP contribution in [-0.4, -0.2) is 22.1 Å². The number of pyridine rings is 1. The Morgan fingerprint density at radius 3 is 2.95 bits per heavy atom. The molecule has 0 radical (unpaired) electrons. The van der Waals surface area contributed by atoms with E-state index in [-0.39, 0.29) is 12.5 Å². The zero-order chi connectivity index (χ0) is 15.2. The topological polar surface area (TPSA) is 86.0 Å². The average Bonchev–Trinajstić information content (AvgIpc) is 2.46. The van der Waals surface area contributed by atoms with E-state index in [9.17, 15) is 10.1 Å². The van der Waals surface area contributed by atoms with Gasteiger partial charge in [-0.1, -0.05) is 18.2 Å². The first-order valence-corrected chi connectivity index (χ1v) is 6.88. The summed E-state index contributed by atoms with van der Waals surface area (Å²) in [5.74, 6) is -0.234. The highest BCUT2D eigenvalue weighted by atomic mass is 16.4. The van der Waals surface area contributed by atoms with E-state index in [4.69, 9.17) is 5.11 Å². The van der Waals surface area contributed by atoms with Crippen molar-refractivity contribution in [2.75, 3.05) is 5.32 Å². The van der Waals surface area contributed by atoms with Gasteiger partial charge in [0.1, 0.15) is 11.9 Å². The maximum atomic E-state index is 10.5. The van der Waals surface area contributed by atoms with E-state index in [1.807, 2.05) is 37.3 Å². The summed E-state index contributed by atoms with van der Waals surface area (Å²) < 4.78 is 0. The molecule has 0 aliphatic carbocycles. The van der Waals surface area contributed by atoms with Crippen LogP contribution in [0.15, 0.2) is 30.3 Å². The SMILES string of the molecule is CC(CCCC(=O)O)Nc1nc2ccccc2cc1C#N. The summed E-state index contributed by atoms with van der Waals surface area (Å²) in [6.07, 6.45) is 1.47. The molecule has 1 atom stereocenters. The van der Waals surface area contributed by atoms with Crippen molar-refractivity contribution in [2.24, 2.45) is 0 Å². The van der Waals surface area contributed by atoms with E-state index in [0.29, 0.717) is 24.2 Å². The maximum Gasteiger partial charge on any atom is 0.303 e. The molecule has 1 aromatic carbocycles. The standard InChI is InChI=1S/C16H17N3O2/c1-11(5-4-8-15(20)21)18-16-13(10-17)9-12-6-2-3-7-14(12)19-16/h2-3,6-7,9,11H,4-5,8H2,1H3,(H,18,19)(H,20,21). The maximum absolute atomic E-state index is 10.5. The summed E-state index contributed by atoms with van der Waals surface area (Å²) in [6.45, 7) is 1.96. The lowest BCUT2D eigenvalue weighted by atomic mass is 10.1. The van der Waals surface area contributed by atoms with Gasteiger partial charge >= 0.3 is 5.97 Å². The van der Waals surface area contributed by atoms with Crippen LogP contribution in [0.25, 0.3) is 10.9 Å². The molecule has 2 aromatic rings. The lowest BCUT2D eigenvalue weighted by molar-refractivity contribution is -0.137. The number of carbonyl (C=O) groups is 1. The average molecular weight is 283 g/mol. The van der Waals surface area contributed by atoms with Crippen molar-refractivity contribution < 1.29 is 9.90 Å². The molecule has 2 N–H and O–H groups in total. The van der Waals surface area contributed by atoms with Crippen molar-refractivity contribution in [3.05, 3.63) is 35.9 Å². The minimum Gasteiger partial charge on any atom is -0.481 e. The zero-order valence-corrected chi connectivity index (χ0v) is 11.8. The fourth-order valence-electron chi connectivity index (χ4n) is 2.18. The van der Waals surface area contributed by atoms with Crippen LogP contribution in [0.1, 0.15) is 31.7 Å². The number of hydrogen-bond acceptors (Lipinski definition) is 4. The Balaban J connectivity index is 2.13. The summed E-state index contributed by atoms with van der Waals surface area (Å²) in [4.78, 5) is 15.0. The van der Waals surface area contributed by atoms with Gasteiger partial charge in [-0.05, 0) is 31.9 Å². The highest BCUT2D eigenvalue weighted by Gasteiger charge is 2.10. The number of nitrogens with zero attached hydrogens (tertiary/aromatic N) is 2. The molecule has 0 spiro atoms. The third kappa shape index (κ3) is 3.93. The van der Waals surface area contributed by atoms with Gasteiger partial charge in [-0.2, -0.15) is 5.26 Å². The lowest BCUT2D eigenvalue weighted by Crippen LogP contribution is -2.17. The van der Waals surface area contributed by atoms with E-state index >= 15 is 0 Å². The number of anilines is 1. The van der Waals surface area contributed by atoms with Crippen LogP contribution < -0.4 is 5.32 Å². The largest absolute Gasteiger partial charge is 0.481 e. The Morgan fingerprint density at radius 1 is 1.48 bits per heavy atom. The van der Waals surface area contributed by atoms with Gasteiger partial charge in [0.2, 0.25) is 0 Å². The van der Waals surface area contributed by atoms with Crippen LogP contribution >= 0.6 is 0 Å². The van der Waals surface area contributed by atoms with Crippen molar-refractivity contribution >= 4 is 22.7 Å². The number of carboxylic acids is 1. The Hall–Kier alpha value is -2.61. The number of nitriles is 1. The Morgan fingerprint density at radius 2 is 2.24 bits per heavy atom. The van der Waals surface area contributed by atoms with Crippen molar-refractivity contribution in [1.29, 1.82) is 5.26 Å². The number of nitrogens with one attached hydrogen (secondary N) is 1. The van der Waals surface area contributed by atoms with Crippen LogP contribution in [0, 0.1) is 11.3 Å². The Labute approximate surface area is 123 Å². The fourth-order valence-corrected chi connectivity index (χ4v) is 2.18. The molecule has 0 saturated heterocycles. The van der Waals surface area contributed by atoms with Crippen molar-refractivity contribution in [3.8, 4) is 6.07 Å². The third-order valence-corrected chi connectivity index (χ3v) is 3.26. The van der Waals surface area contributed by atoms with E-state index in [1.54, 1.807) is 0 Å². The second-order valence-corrected chi connectivity index (χ2v) is 5.02. The lowest BCUT2D eigenvalue weighted by Gasteiger charge is -2.15. The Bertz CT molecular complexity index is 691. The summed E-state index contributed by atoms with van der Waals surface area (Å²) >= 11 is 0. The van der Waals surface area contributed by atoms with Crippen LogP contribution in [0.4, 0.5) is 5.82 Å². The summed E-state index contributed by atoms with van der Waals surface area (Å²) in [5.41, 5.74) is 1.33. The monoisotopic (exact) mass is 283 g/mol. The van der Waals surface area contributed by atoms with Crippen LogP contribution in [0.5, 0.6) is 0 Å². The number of benzene rings is 1. The summed E-state index contributed by atoms with van der Waals surface area (Å²) in [7, 11) is 0. The highest BCUT2D eigenvalue weighted by molar-refractivity contribution is 5.82. The first-order valence-electron chi connectivity index (χ1n) is 6.88. The molecule has 0 aliphatic rings. The number of aromatic nitrogens is 1. The molecule has 0 bridgehead atoms. The first kappa shape index (κ1) is 14.8. The molecule has 5 heteroatoms. The Kier molecular flexibility index (Phi) is 4.72. The number of fused-ring (bicyclic) bond motifs is 1. The van der Waals surface area contributed by atoms with Crippen LogP contribution in [-0.2, 0) is 4.79 Å². The number of rotatable bonds is 6. The molecule has 0 aliphatic heterocycles. The van der Waals surface area contributed by atoms with Gasteiger partial charge in [0.25, 0.3) is 0 Å². The third-order valence-electron chi connectivity index (χ3n) is 3.26. The molecule has 0 fully saturated rings. The molecule has 0 amide bonds. The predicted octanol–water partition coefficient (Wildman–Crippen LogP) is 3.16. The van der Waals surface area contributed by atoms with Gasteiger partial charge in [0, 0.05) is 17.8 Å². The van der Waals surface area contributed by atoms with Gasteiger partial charge in [-0.3, -0.25) is 4.79 Å². The second-order valence-electron chi connectivity index (χ2n) is 5.02. The number of aliphatic carboxylic acids is 1. The predicted molar refractivity (Wildman–Crippen MR) is 81.0 cm³/mol. The molecule has 21 heavy (non-hydrogen) atoms. The minimum atomic E-state index is -0.788. The normalized spacial score (nSPS) is 11.8. The first-order chi connectivity index (χ1) is 10.1. The van der Waals surface area contributed by atoms with Crippen molar-refractivity contribution in [2.45, 2.75) is 32.2 Å². The second kappa shape index (κ2) is 6.71. The van der Waals surface area contributed by atoms with Crippen LogP contribution in [0.3, 0.4) is 0 Å². The van der Waals surface area contributed by atoms with E-state index in [2.05, 4.69) is 16.4 Å².